The molecule has 0 aliphatic carbocycles. The number of hydrogen-bond acceptors (Lipinski definition) is 6. The first-order chi connectivity index (χ1) is 11.2. The van der Waals surface area contributed by atoms with Crippen LogP contribution in [0.2, 0.25) is 0 Å². The maximum Gasteiger partial charge on any atom is 0.329 e. The average molecular weight is 333 g/mol. The number of likely N-dealkylation sites (N-methyl/N-ethyl adjacent to an activating group) is 1. The molecule has 1 heterocycles. The molecule has 10 nitrogen and oxygen atoms in total. The summed E-state index contributed by atoms with van der Waals surface area (Å²) in [6.07, 6.45) is 2.52. The fourth-order valence-electron chi connectivity index (χ4n) is 1.92. The lowest BCUT2D eigenvalue weighted by Crippen LogP contribution is -2.50. The zero-order valence-corrected chi connectivity index (χ0v) is 13.2. The van der Waals surface area contributed by atoms with Crippen molar-refractivity contribution in [3.63, 3.8) is 0 Å². The SMILES string of the molecule is CN(C(=O)c1ccc(-n2cncn2)c([N+](=O)[O-])c1)C(C)(C)C(=O)O. The Morgan fingerprint density at radius 2 is 2.04 bits per heavy atom. The van der Waals surface area contributed by atoms with Crippen LogP contribution in [0.5, 0.6) is 0 Å². The minimum Gasteiger partial charge on any atom is -0.480 e. The Balaban J connectivity index is 2.46. The van der Waals surface area contributed by atoms with Crippen molar-refractivity contribution < 1.29 is 19.6 Å². The Morgan fingerprint density at radius 1 is 1.38 bits per heavy atom. The highest BCUT2D eigenvalue weighted by Gasteiger charge is 2.36. The molecule has 0 atom stereocenters. The second-order valence-corrected chi connectivity index (χ2v) is 5.53. The zero-order valence-electron chi connectivity index (χ0n) is 13.2. The van der Waals surface area contributed by atoms with Gasteiger partial charge in [0, 0.05) is 18.7 Å². The number of nitrogens with zero attached hydrogens (tertiary/aromatic N) is 5. The molecule has 126 valence electrons. The van der Waals surface area contributed by atoms with Crippen LogP contribution in [-0.4, -0.2) is 54.2 Å². The number of carboxylic acids is 1. The Bertz CT molecular complexity index is 800. The van der Waals surface area contributed by atoms with Gasteiger partial charge in [-0.1, -0.05) is 0 Å². The molecule has 0 unspecified atom stereocenters. The van der Waals surface area contributed by atoms with Crippen molar-refractivity contribution in [2.75, 3.05) is 7.05 Å². The number of rotatable bonds is 5. The maximum absolute atomic E-state index is 12.5. The van der Waals surface area contributed by atoms with Gasteiger partial charge in [0.15, 0.2) is 0 Å². The van der Waals surface area contributed by atoms with Crippen molar-refractivity contribution in [3.8, 4) is 5.69 Å². The first-order valence-electron chi connectivity index (χ1n) is 6.81. The van der Waals surface area contributed by atoms with E-state index in [1.807, 2.05) is 0 Å². The van der Waals surface area contributed by atoms with E-state index >= 15 is 0 Å². The summed E-state index contributed by atoms with van der Waals surface area (Å²) in [6.45, 7) is 2.73. The molecule has 0 saturated heterocycles. The van der Waals surface area contributed by atoms with Gasteiger partial charge in [0.25, 0.3) is 11.6 Å². The van der Waals surface area contributed by atoms with E-state index in [1.165, 1.54) is 50.4 Å². The summed E-state index contributed by atoms with van der Waals surface area (Å²) in [5.41, 5.74) is -1.65. The van der Waals surface area contributed by atoms with Crippen LogP contribution in [-0.2, 0) is 4.79 Å². The van der Waals surface area contributed by atoms with Crippen molar-refractivity contribution in [2.45, 2.75) is 19.4 Å². The molecule has 0 radical (unpaired) electrons. The summed E-state index contributed by atoms with van der Waals surface area (Å²) in [4.78, 5) is 39.1. The van der Waals surface area contributed by atoms with E-state index in [0.29, 0.717) is 0 Å². The van der Waals surface area contributed by atoms with Crippen LogP contribution in [0.15, 0.2) is 30.9 Å². The largest absolute Gasteiger partial charge is 0.480 e. The van der Waals surface area contributed by atoms with Crippen LogP contribution in [0.3, 0.4) is 0 Å². The lowest BCUT2D eigenvalue weighted by molar-refractivity contribution is -0.384. The predicted octanol–water partition coefficient (Wildman–Crippen LogP) is 1.11. The summed E-state index contributed by atoms with van der Waals surface area (Å²) >= 11 is 0. The number of amides is 1. The van der Waals surface area contributed by atoms with Crippen molar-refractivity contribution in [1.29, 1.82) is 0 Å². The lowest BCUT2D eigenvalue weighted by Gasteiger charge is -2.31. The predicted molar refractivity (Wildman–Crippen MR) is 81.8 cm³/mol. The van der Waals surface area contributed by atoms with E-state index in [-0.39, 0.29) is 16.9 Å². The van der Waals surface area contributed by atoms with E-state index in [1.54, 1.807) is 0 Å². The third kappa shape index (κ3) is 2.93. The van der Waals surface area contributed by atoms with Gasteiger partial charge in [-0.25, -0.2) is 14.5 Å². The van der Waals surface area contributed by atoms with Gasteiger partial charge in [0.2, 0.25) is 0 Å². The number of benzene rings is 1. The standard InChI is InChI=1S/C14H15N5O5/c1-14(2,13(21)22)17(3)12(20)9-4-5-10(11(6-9)19(23)24)18-8-15-7-16-18/h4-8H,1-3H3,(H,21,22). The fraction of sp³-hybridized carbons (Fsp3) is 0.286. The summed E-state index contributed by atoms with van der Waals surface area (Å²) in [5.74, 6) is -1.83. The van der Waals surface area contributed by atoms with E-state index in [2.05, 4.69) is 10.1 Å². The number of aromatic nitrogens is 3. The molecule has 10 heteroatoms. The van der Waals surface area contributed by atoms with Crippen LogP contribution >= 0.6 is 0 Å². The van der Waals surface area contributed by atoms with Crippen LogP contribution in [0.1, 0.15) is 24.2 Å². The fourth-order valence-corrected chi connectivity index (χ4v) is 1.92. The average Bonchev–Trinajstić information content (AvgIpc) is 3.06. The molecule has 1 amide bonds. The minimum atomic E-state index is -1.46. The lowest BCUT2D eigenvalue weighted by atomic mass is 10.0. The van der Waals surface area contributed by atoms with Crippen LogP contribution in [0.25, 0.3) is 5.69 Å². The second kappa shape index (κ2) is 6.07. The van der Waals surface area contributed by atoms with Gasteiger partial charge >= 0.3 is 5.97 Å². The molecule has 1 aromatic heterocycles. The number of hydrogen-bond donors (Lipinski definition) is 1. The van der Waals surface area contributed by atoms with Crippen molar-refractivity contribution in [2.24, 2.45) is 0 Å². The van der Waals surface area contributed by atoms with Crippen molar-refractivity contribution >= 4 is 17.6 Å². The van der Waals surface area contributed by atoms with Gasteiger partial charge in [-0.3, -0.25) is 14.9 Å². The minimum absolute atomic E-state index is 0.00221. The molecule has 0 aliphatic rings. The van der Waals surface area contributed by atoms with Gasteiger partial charge in [0.05, 0.1) is 4.92 Å². The maximum atomic E-state index is 12.5. The van der Waals surface area contributed by atoms with Gasteiger partial charge in [-0.2, -0.15) is 5.10 Å². The molecule has 1 aromatic carbocycles. The van der Waals surface area contributed by atoms with Gasteiger partial charge in [0.1, 0.15) is 23.9 Å². The van der Waals surface area contributed by atoms with Crippen LogP contribution in [0, 0.1) is 10.1 Å². The zero-order chi connectivity index (χ0) is 18.1. The molecule has 0 spiro atoms. The smallest absolute Gasteiger partial charge is 0.329 e. The first kappa shape index (κ1) is 17.1. The molecule has 0 saturated carbocycles. The Hall–Kier alpha value is -3.30. The first-order valence-corrected chi connectivity index (χ1v) is 6.81. The van der Waals surface area contributed by atoms with E-state index in [4.69, 9.17) is 0 Å². The number of carboxylic acid groups (broad SMARTS) is 1. The number of carbonyl (C=O) groups is 2. The van der Waals surface area contributed by atoms with E-state index < -0.39 is 22.3 Å². The molecule has 2 rings (SSSR count). The molecule has 2 aromatic rings. The van der Waals surface area contributed by atoms with Gasteiger partial charge in [-0.05, 0) is 26.0 Å². The van der Waals surface area contributed by atoms with E-state index in [9.17, 15) is 24.8 Å². The Kier molecular flexibility index (Phi) is 4.31. The highest BCUT2D eigenvalue weighted by molar-refractivity contribution is 5.98. The number of nitro groups is 1. The Labute approximate surface area is 136 Å². The topological polar surface area (TPSA) is 131 Å². The third-order valence-corrected chi connectivity index (χ3v) is 3.75. The second-order valence-electron chi connectivity index (χ2n) is 5.53. The summed E-state index contributed by atoms with van der Waals surface area (Å²) in [6, 6.07) is 3.83. The highest BCUT2D eigenvalue weighted by Crippen LogP contribution is 2.25. The Morgan fingerprint density at radius 3 is 2.54 bits per heavy atom. The molecule has 0 bridgehead atoms. The third-order valence-electron chi connectivity index (χ3n) is 3.75. The normalized spacial score (nSPS) is 11.1. The van der Waals surface area contributed by atoms with E-state index in [0.717, 1.165) is 11.0 Å². The monoisotopic (exact) mass is 333 g/mol. The molecule has 0 aliphatic heterocycles. The molecule has 24 heavy (non-hydrogen) atoms. The summed E-state index contributed by atoms with van der Waals surface area (Å²) < 4.78 is 1.21. The van der Waals surface area contributed by atoms with Crippen molar-refractivity contribution in [3.05, 3.63) is 46.5 Å². The molecule has 1 N–H and O–H groups in total. The highest BCUT2D eigenvalue weighted by atomic mass is 16.6. The quantitative estimate of drug-likeness (QED) is 0.640. The van der Waals surface area contributed by atoms with Gasteiger partial charge in [-0.15, -0.1) is 0 Å². The van der Waals surface area contributed by atoms with Gasteiger partial charge < -0.3 is 10.0 Å². The van der Waals surface area contributed by atoms with Crippen LogP contribution < -0.4 is 0 Å². The summed E-state index contributed by atoms with van der Waals surface area (Å²) in [5, 5.41) is 24.3. The molecular formula is C14H15N5O5. The number of carbonyl (C=O) groups excluding carboxylic acids is 1. The van der Waals surface area contributed by atoms with Crippen LogP contribution in [0.4, 0.5) is 5.69 Å². The number of aliphatic carboxylic acids is 1. The molecular weight excluding hydrogens is 318 g/mol. The number of nitro benzene ring substituents is 1. The molecule has 0 fully saturated rings. The summed E-state index contributed by atoms with van der Waals surface area (Å²) in [7, 11) is 1.33. The van der Waals surface area contributed by atoms with Crippen molar-refractivity contribution in [1.82, 2.24) is 19.7 Å².